The molecule has 0 unspecified atom stereocenters. The van der Waals surface area contributed by atoms with Gasteiger partial charge in [-0.25, -0.2) is 9.02 Å². The number of hydrogen-bond acceptors (Lipinski definition) is 7. The predicted molar refractivity (Wildman–Crippen MR) is 103 cm³/mol. The number of nitrogens with zero attached hydrogens (tertiary/aromatic N) is 2. The highest BCUT2D eigenvalue weighted by Gasteiger charge is 2.17. The molecule has 0 saturated heterocycles. The van der Waals surface area contributed by atoms with Gasteiger partial charge in [0.05, 0.1) is 13.2 Å². The van der Waals surface area contributed by atoms with Crippen molar-refractivity contribution < 1.29 is 28.0 Å². The van der Waals surface area contributed by atoms with Crippen molar-refractivity contribution in [3.63, 3.8) is 0 Å². The molecule has 1 amide bonds. The van der Waals surface area contributed by atoms with E-state index < -0.39 is 5.91 Å². The molecule has 0 spiro atoms. The van der Waals surface area contributed by atoms with Crippen LogP contribution in [0.25, 0.3) is 11.3 Å². The number of nitrogens with one attached hydrogen (secondary N) is 1. The molecule has 2 aromatic carbocycles. The fraction of sp³-hybridized carbons (Fsp3) is 0.250. The number of ether oxygens (including phenoxy) is 3. The third kappa shape index (κ3) is 5.22. The van der Waals surface area contributed by atoms with Crippen molar-refractivity contribution >= 4 is 11.7 Å². The Kier molecular flexibility index (Phi) is 6.62. The normalized spacial score (nSPS) is 10.4. The summed E-state index contributed by atoms with van der Waals surface area (Å²) < 4.78 is 34.2. The Morgan fingerprint density at radius 1 is 1.00 bits per heavy atom. The SMILES string of the molecule is CCOc1ccc(-c2nonc2NC(=O)COc2ccc(F)cc2)cc1OCC. The van der Waals surface area contributed by atoms with Crippen LogP contribution >= 0.6 is 0 Å². The van der Waals surface area contributed by atoms with Crippen LogP contribution < -0.4 is 19.5 Å². The topological polar surface area (TPSA) is 95.7 Å². The molecular formula is C20H20FN3O5. The second-order valence-electron chi connectivity index (χ2n) is 5.78. The summed E-state index contributed by atoms with van der Waals surface area (Å²) in [7, 11) is 0. The van der Waals surface area contributed by atoms with Crippen molar-refractivity contribution in [3.05, 3.63) is 48.3 Å². The largest absolute Gasteiger partial charge is 0.490 e. The smallest absolute Gasteiger partial charge is 0.263 e. The van der Waals surface area contributed by atoms with Crippen molar-refractivity contribution in [1.29, 1.82) is 0 Å². The van der Waals surface area contributed by atoms with E-state index in [2.05, 4.69) is 15.6 Å². The highest BCUT2D eigenvalue weighted by molar-refractivity contribution is 5.94. The van der Waals surface area contributed by atoms with E-state index in [1.807, 2.05) is 13.8 Å². The van der Waals surface area contributed by atoms with Crippen LogP contribution in [0.5, 0.6) is 17.2 Å². The summed E-state index contributed by atoms with van der Waals surface area (Å²) in [5, 5.41) is 10.2. The molecule has 0 fully saturated rings. The molecule has 1 N–H and O–H groups in total. The van der Waals surface area contributed by atoms with Crippen LogP contribution in [0.15, 0.2) is 47.1 Å². The molecule has 0 saturated carbocycles. The molecule has 0 radical (unpaired) electrons. The van der Waals surface area contributed by atoms with Crippen LogP contribution in [0.3, 0.4) is 0 Å². The van der Waals surface area contributed by atoms with Gasteiger partial charge in [0.25, 0.3) is 5.91 Å². The van der Waals surface area contributed by atoms with Gasteiger partial charge >= 0.3 is 0 Å². The van der Waals surface area contributed by atoms with Crippen LogP contribution in [0.1, 0.15) is 13.8 Å². The van der Waals surface area contributed by atoms with Crippen molar-refractivity contribution in [3.8, 4) is 28.5 Å². The maximum Gasteiger partial charge on any atom is 0.263 e. The maximum absolute atomic E-state index is 12.9. The van der Waals surface area contributed by atoms with Crippen molar-refractivity contribution in [1.82, 2.24) is 10.3 Å². The van der Waals surface area contributed by atoms with E-state index in [1.54, 1.807) is 18.2 Å². The Labute approximate surface area is 166 Å². The molecule has 9 heteroatoms. The number of rotatable bonds is 9. The van der Waals surface area contributed by atoms with Gasteiger partial charge in [0.15, 0.2) is 23.8 Å². The second-order valence-corrected chi connectivity index (χ2v) is 5.78. The predicted octanol–water partition coefficient (Wildman–Crippen LogP) is 3.69. The summed E-state index contributed by atoms with van der Waals surface area (Å²) in [6.07, 6.45) is 0. The number of anilines is 1. The number of benzene rings is 2. The lowest BCUT2D eigenvalue weighted by atomic mass is 10.1. The van der Waals surface area contributed by atoms with Gasteiger partial charge in [-0.1, -0.05) is 0 Å². The van der Waals surface area contributed by atoms with Crippen LogP contribution in [0.4, 0.5) is 10.2 Å². The lowest BCUT2D eigenvalue weighted by molar-refractivity contribution is -0.118. The highest BCUT2D eigenvalue weighted by Crippen LogP contribution is 2.34. The van der Waals surface area contributed by atoms with Crippen LogP contribution in [-0.4, -0.2) is 36.0 Å². The minimum atomic E-state index is -0.470. The molecule has 29 heavy (non-hydrogen) atoms. The number of amides is 1. The summed E-state index contributed by atoms with van der Waals surface area (Å²) in [4.78, 5) is 12.2. The van der Waals surface area contributed by atoms with E-state index in [-0.39, 0.29) is 18.2 Å². The summed E-state index contributed by atoms with van der Waals surface area (Å²) in [5.41, 5.74) is 0.969. The number of hydrogen-bond donors (Lipinski definition) is 1. The van der Waals surface area contributed by atoms with Crippen LogP contribution in [0, 0.1) is 5.82 Å². The van der Waals surface area contributed by atoms with Gasteiger partial charge in [-0.3, -0.25) is 4.79 Å². The van der Waals surface area contributed by atoms with Crippen LogP contribution in [-0.2, 0) is 4.79 Å². The summed E-state index contributed by atoms with van der Waals surface area (Å²) in [5.74, 6) is 0.806. The molecule has 0 atom stereocenters. The number of carbonyl (C=O) groups excluding carboxylic acids is 1. The van der Waals surface area contributed by atoms with Gasteiger partial charge in [-0.15, -0.1) is 0 Å². The lowest BCUT2D eigenvalue weighted by Crippen LogP contribution is -2.20. The van der Waals surface area contributed by atoms with Gasteiger partial charge in [-0.2, -0.15) is 0 Å². The molecule has 0 bridgehead atoms. The Balaban J connectivity index is 1.70. The first-order chi connectivity index (χ1) is 14.1. The quantitative estimate of drug-likeness (QED) is 0.584. The van der Waals surface area contributed by atoms with E-state index in [1.165, 1.54) is 24.3 Å². The fourth-order valence-corrected chi connectivity index (χ4v) is 2.51. The van der Waals surface area contributed by atoms with Crippen molar-refractivity contribution in [2.24, 2.45) is 0 Å². The first kappa shape index (κ1) is 20.1. The molecule has 1 aromatic heterocycles. The standard InChI is InChI=1S/C20H20FN3O5/c1-3-26-16-10-5-13(11-17(16)27-4-2)19-20(24-29-23-19)22-18(25)12-28-15-8-6-14(21)7-9-15/h5-11H,3-4,12H2,1-2H3,(H,22,24,25). The second kappa shape index (κ2) is 9.54. The Morgan fingerprint density at radius 3 is 2.45 bits per heavy atom. The Morgan fingerprint density at radius 2 is 1.72 bits per heavy atom. The molecular weight excluding hydrogens is 381 g/mol. The minimum Gasteiger partial charge on any atom is -0.490 e. The summed E-state index contributed by atoms with van der Waals surface area (Å²) >= 11 is 0. The van der Waals surface area contributed by atoms with Gasteiger partial charge in [0.1, 0.15) is 11.6 Å². The van der Waals surface area contributed by atoms with Gasteiger partial charge in [0, 0.05) is 5.56 Å². The average molecular weight is 401 g/mol. The van der Waals surface area contributed by atoms with E-state index in [4.69, 9.17) is 18.8 Å². The number of aromatic nitrogens is 2. The highest BCUT2D eigenvalue weighted by atomic mass is 19.1. The third-order valence-electron chi connectivity index (χ3n) is 3.75. The monoisotopic (exact) mass is 401 g/mol. The molecule has 152 valence electrons. The zero-order chi connectivity index (χ0) is 20.6. The minimum absolute atomic E-state index is 0.143. The zero-order valence-electron chi connectivity index (χ0n) is 16.0. The molecule has 0 aliphatic heterocycles. The van der Waals surface area contributed by atoms with Gasteiger partial charge in [0.2, 0.25) is 5.82 Å². The summed E-state index contributed by atoms with van der Waals surface area (Å²) in [6, 6.07) is 10.6. The van der Waals surface area contributed by atoms with E-state index >= 15 is 0 Å². The number of carbonyl (C=O) groups is 1. The average Bonchev–Trinajstić information content (AvgIpc) is 3.17. The molecule has 3 aromatic rings. The summed E-state index contributed by atoms with van der Waals surface area (Å²) in [6.45, 7) is 4.43. The van der Waals surface area contributed by atoms with E-state index in [9.17, 15) is 9.18 Å². The molecule has 0 aliphatic carbocycles. The van der Waals surface area contributed by atoms with Crippen molar-refractivity contribution in [2.45, 2.75) is 13.8 Å². The first-order valence-corrected chi connectivity index (χ1v) is 9.01. The fourth-order valence-electron chi connectivity index (χ4n) is 2.51. The van der Waals surface area contributed by atoms with Gasteiger partial charge < -0.3 is 19.5 Å². The van der Waals surface area contributed by atoms with E-state index in [0.29, 0.717) is 41.7 Å². The maximum atomic E-state index is 12.9. The third-order valence-corrected chi connectivity index (χ3v) is 3.75. The first-order valence-electron chi connectivity index (χ1n) is 9.01. The van der Waals surface area contributed by atoms with Crippen molar-refractivity contribution in [2.75, 3.05) is 25.1 Å². The van der Waals surface area contributed by atoms with Gasteiger partial charge in [-0.05, 0) is 66.6 Å². The Hall–Kier alpha value is -3.62. The molecule has 8 nitrogen and oxygen atoms in total. The number of halogens is 1. The molecule has 3 rings (SSSR count). The van der Waals surface area contributed by atoms with Crippen LogP contribution in [0.2, 0.25) is 0 Å². The van der Waals surface area contributed by atoms with E-state index in [0.717, 1.165) is 0 Å². The zero-order valence-corrected chi connectivity index (χ0v) is 16.0. The molecule has 1 heterocycles. The molecule has 0 aliphatic rings. The Bertz CT molecular complexity index is 959. The lowest BCUT2D eigenvalue weighted by Gasteiger charge is -2.12.